The molecule has 0 atom stereocenters. The molecule has 0 spiro atoms. The molecule has 3 N–H and O–H groups in total. The maximum atomic E-state index is 5.67. The van der Waals surface area contributed by atoms with Crippen LogP contribution in [0.1, 0.15) is 12.8 Å². The zero-order valence-corrected chi connectivity index (χ0v) is 7.86. The van der Waals surface area contributed by atoms with Gasteiger partial charge in [-0.15, -0.1) is 11.3 Å². The monoisotopic (exact) mass is 182 g/mol. The molecular formula is C9H14N2S. The molecule has 2 rings (SSSR count). The van der Waals surface area contributed by atoms with E-state index < -0.39 is 0 Å². The summed E-state index contributed by atoms with van der Waals surface area (Å²) in [6.07, 6.45) is 2.59. The molecule has 2 nitrogen and oxygen atoms in total. The van der Waals surface area contributed by atoms with E-state index in [0.29, 0.717) is 5.41 Å². The molecule has 1 aliphatic carbocycles. The molecule has 3 heteroatoms. The number of anilines is 1. The lowest BCUT2D eigenvalue weighted by atomic mass is 10.1. The van der Waals surface area contributed by atoms with E-state index >= 15 is 0 Å². The summed E-state index contributed by atoms with van der Waals surface area (Å²) in [7, 11) is 0. The van der Waals surface area contributed by atoms with Crippen molar-refractivity contribution >= 4 is 16.3 Å². The van der Waals surface area contributed by atoms with E-state index in [1.807, 2.05) is 0 Å². The third kappa shape index (κ3) is 1.62. The van der Waals surface area contributed by atoms with Gasteiger partial charge in [0.1, 0.15) is 0 Å². The van der Waals surface area contributed by atoms with Gasteiger partial charge in [0.2, 0.25) is 0 Å². The Hall–Kier alpha value is -0.540. The number of hydrogen-bond donors (Lipinski definition) is 2. The van der Waals surface area contributed by atoms with Crippen LogP contribution >= 0.6 is 11.3 Å². The lowest BCUT2D eigenvalue weighted by Gasteiger charge is -2.12. The fraction of sp³-hybridized carbons (Fsp3) is 0.556. The number of nitrogens with one attached hydrogen (secondary N) is 1. The molecule has 0 aliphatic heterocycles. The van der Waals surface area contributed by atoms with E-state index in [4.69, 9.17) is 5.73 Å². The highest BCUT2D eigenvalue weighted by Gasteiger charge is 2.40. The van der Waals surface area contributed by atoms with Gasteiger partial charge < -0.3 is 11.1 Å². The van der Waals surface area contributed by atoms with Crippen LogP contribution in [0.4, 0.5) is 5.00 Å². The third-order valence-electron chi connectivity index (χ3n) is 2.55. The number of rotatable bonds is 4. The first kappa shape index (κ1) is 8.08. The number of hydrogen-bond acceptors (Lipinski definition) is 3. The Balaban J connectivity index is 1.83. The van der Waals surface area contributed by atoms with E-state index in [9.17, 15) is 0 Å². The first-order chi connectivity index (χ1) is 5.85. The van der Waals surface area contributed by atoms with Crippen LogP contribution < -0.4 is 11.1 Å². The van der Waals surface area contributed by atoms with Gasteiger partial charge in [-0.25, -0.2) is 0 Å². The lowest BCUT2D eigenvalue weighted by molar-refractivity contribution is 0.556. The summed E-state index contributed by atoms with van der Waals surface area (Å²) in [5, 5.41) is 6.76. The van der Waals surface area contributed by atoms with Crippen molar-refractivity contribution in [2.45, 2.75) is 12.8 Å². The van der Waals surface area contributed by atoms with E-state index in [0.717, 1.165) is 13.1 Å². The molecule has 0 unspecified atom stereocenters. The summed E-state index contributed by atoms with van der Waals surface area (Å²) in [5.74, 6) is 0. The molecule has 66 valence electrons. The van der Waals surface area contributed by atoms with Gasteiger partial charge >= 0.3 is 0 Å². The Kier molecular flexibility index (Phi) is 2.07. The molecule has 1 heterocycles. The maximum Gasteiger partial charge on any atom is 0.0882 e. The van der Waals surface area contributed by atoms with Crippen LogP contribution in [0.15, 0.2) is 17.5 Å². The average molecular weight is 182 g/mol. The van der Waals surface area contributed by atoms with Gasteiger partial charge in [0.15, 0.2) is 0 Å². The molecule has 1 fully saturated rings. The molecule has 1 saturated carbocycles. The van der Waals surface area contributed by atoms with Crippen LogP contribution in [0.25, 0.3) is 0 Å². The van der Waals surface area contributed by atoms with Crippen molar-refractivity contribution < 1.29 is 0 Å². The molecule has 0 saturated heterocycles. The van der Waals surface area contributed by atoms with Gasteiger partial charge in [-0.2, -0.15) is 0 Å². The van der Waals surface area contributed by atoms with Crippen molar-refractivity contribution in [3.8, 4) is 0 Å². The van der Waals surface area contributed by atoms with Gasteiger partial charge in [-0.1, -0.05) is 0 Å². The van der Waals surface area contributed by atoms with E-state index in [-0.39, 0.29) is 0 Å². The molecule has 1 aromatic rings. The summed E-state index contributed by atoms with van der Waals surface area (Å²) in [6, 6.07) is 4.17. The van der Waals surface area contributed by atoms with E-state index in [1.165, 1.54) is 17.8 Å². The smallest absolute Gasteiger partial charge is 0.0882 e. The second-order valence-electron chi connectivity index (χ2n) is 3.53. The summed E-state index contributed by atoms with van der Waals surface area (Å²) >= 11 is 1.75. The highest BCUT2D eigenvalue weighted by Crippen LogP contribution is 2.44. The van der Waals surface area contributed by atoms with Gasteiger partial charge in [0, 0.05) is 6.54 Å². The van der Waals surface area contributed by atoms with E-state index in [1.54, 1.807) is 11.3 Å². The second kappa shape index (κ2) is 3.07. The van der Waals surface area contributed by atoms with Crippen molar-refractivity contribution in [2.24, 2.45) is 11.1 Å². The molecule has 0 amide bonds. The number of nitrogens with two attached hydrogens (primary N) is 1. The highest BCUT2D eigenvalue weighted by atomic mass is 32.1. The molecule has 0 aromatic carbocycles. The SMILES string of the molecule is NCC1(CNc2cccs2)CC1. The standard InChI is InChI=1S/C9H14N2S/c10-6-9(3-4-9)7-11-8-2-1-5-12-8/h1-2,5,11H,3-4,6-7,10H2. The molecule has 12 heavy (non-hydrogen) atoms. The maximum absolute atomic E-state index is 5.67. The fourth-order valence-corrected chi connectivity index (χ4v) is 1.90. The van der Waals surface area contributed by atoms with E-state index in [2.05, 4.69) is 22.8 Å². The van der Waals surface area contributed by atoms with Gasteiger partial charge in [-0.3, -0.25) is 0 Å². The van der Waals surface area contributed by atoms with Crippen LogP contribution in [0.3, 0.4) is 0 Å². The normalized spacial score (nSPS) is 19.1. The lowest BCUT2D eigenvalue weighted by Crippen LogP contribution is -2.23. The van der Waals surface area contributed by atoms with Gasteiger partial charge in [0.25, 0.3) is 0 Å². The minimum absolute atomic E-state index is 0.435. The minimum Gasteiger partial charge on any atom is -0.376 e. The summed E-state index contributed by atoms with van der Waals surface area (Å²) < 4.78 is 0. The summed E-state index contributed by atoms with van der Waals surface area (Å²) in [6.45, 7) is 1.87. The Labute approximate surface area is 76.8 Å². The molecule has 0 bridgehead atoms. The third-order valence-corrected chi connectivity index (χ3v) is 3.38. The Morgan fingerprint density at radius 1 is 1.58 bits per heavy atom. The van der Waals surface area contributed by atoms with Crippen molar-refractivity contribution in [3.63, 3.8) is 0 Å². The van der Waals surface area contributed by atoms with Crippen LogP contribution in [0, 0.1) is 5.41 Å². The van der Waals surface area contributed by atoms with Gasteiger partial charge in [0.05, 0.1) is 5.00 Å². The molecule has 1 aliphatic rings. The Bertz CT molecular complexity index is 239. The topological polar surface area (TPSA) is 38.0 Å². The molecule has 0 radical (unpaired) electrons. The Morgan fingerprint density at radius 3 is 2.92 bits per heavy atom. The molecule has 1 aromatic heterocycles. The molecular weight excluding hydrogens is 168 g/mol. The Morgan fingerprint density at radius 2 is 2.42 bits per heavy atom. The average Bonchev–Trinajstić information content (AvgIpc) is 2.70. The van der Waals surface area contributed by atoms with Crippen LogP contribution in [0.2, 0.25) is 0 Å². The highest BCUT2D eigenvalue weighted by molar-refractivity contribution is 7.14. The van der Waals surface area contributed by atoms with Crippen molar-refractivity contribution in [1.82, 2.24) is 0 Å². The first-order valence-corrected chi connectivity index (χ1v) is 5.20. The fourth-order valence-electron chi connectivity index (χ4n) is 1.28. The summed E-state index contributed by atoms with van der Waals surface area (Å²) in [5.41, 5.74) is 6.11. The largest absolute Gasteiger partial charge is 0.376 e. The van der Waals surface area contributed by atoms with Crippen molar-refractivity contribution in [2.75, 3.05) is 18.4 Å². The quantitative estimate of drug-likeness (QED) is 0.746. The zero-order chi connectivity index (χ0) is 8.44. The second-order valence-corrected chi connectivity index (χ2v) is 4.48. The van der Waals surface area contributed by atoms with Crippen LogP contribution in [-0.4, -0.2) is 13.1 Å². The van der Waals surface area contributed by atoms with Crippen molar-refractivity contribution in [1.29, 1.82) is 0 Å². The van der Waals surface area contributed by atoms with Crippen LogP contribution in [-0.2, 0) is 0 Å². The predicted octanol–water partition coefficient (Wildman–Crippen LogP) is 1.90. The number of thiophene rings is 1. The first-order valence-electron chi connectivity index (χ1n) is 4.32. The zero-order valence-electron chi connectivity index (χ0n) is 7.05. The van der Waals surface area contributed by atoms with Crippen molar-refractivity contribution in [3.05, 3.63) is 17.5 Å². The van der Waals surface area contributed by atoms with Gasteiger partial charge in [-0.05, 0) is 42.3 Å². The summed E-state index contributed by atoms with van der Waals surface area (Å²) in [4.78, 5) is 0. The minimum atomic E-state index is 0.435. The predicted molar refractivity (Wildman–Crippen MR) is 53.5 cm³/mol. The van der Waals surface area contributed by atoms with Crippen LogP contribution in [0.5, 0.6) is 0 Å².